The molecule has 0 bridgehead atoms. The van der Waals surface area contributed by atoms with E-state index in [1.165, 1.54) is 0 Å². The van der Waals surface area contributed by atoms with Crippen LogP contribution in [0.3, 0.4) is 0 Å². The molecule has 0 aliphatic carbocycles. The SMILES string of the molecule is CC(C)(C)C1CCN(C(=O)CCCC(=O)O)CC1. The molecule has 18 heavy (non-hydrogen) atoms. The van der Waals surface area contributed by atoms with Gasteiger partial charge in [-0.15, -0.1) is 0 Å². The molecule has 0 aromatic carbocycles. The predicted octanol–water partition coefficient (Wildman–Crippen LogP) is 2.53. The number of hydrogen-bond acceptors (Lipinski definition) is 2. The zero-order valence-corrected chi connectivity index (χ0v) is 11.7. The number of hydrogen-bond donors (Lipinski definition) is 1. The minimum absolute atomic E-state index is 0.0875. The summed E-state index contributed by atoms with van der Waals surface area (Å²) < 4.78 is 0. The summed E-state index contributed by atoms with van der Waals surface area (Å²) in [5.41, 5.74) is 0.318. The molecule has 4 nitrogen and oxygen atoms in total. The van der Waals surface area contributed by atoms with Crippen LogP contribution < -0.4 is 0 Å². The Balaban J connectivity index is 2.30. The molecule has 1 fully saturated rings. The molecular weight excluding hydrogens is 230 g/mol. The summed E-state index contributed by atoms with van der Waals surface area (Å²) in [5.74, 6) is -0.0292. The fourth-order valence-electron chi connectivity index (χ4n) is 2.54. The Hall–Kier alpha value is -1.06. The molecule has 104 valence electrons. The molecule has 0 saturated carbocycles. The quantitative estimate of drug-likeness (QED) is 0.839. The van der Waals surface area contributed by atoms with Crippen LogP contribution in [0.25, 0.3) is 0 Å². The van der Waals surface area contributed by atoms with E-state index in [4.69, 9.17) is 5.11 Å². The van der Waals surface area contributed by atoms with Crippen molar-refractivity contribution >= 4 is 11.9 Å². The van der Waals surface area contributed by atoms with Crippen LogP contribution >= 0.6 is 0 Å². The van der Waals surface area contributed by atoms with Gasteiger partial charge in [0.1, 0.15) is 0 Å². The Morgan fingerprint density at radius 2 is 1.72 bits per heavy atom. The summed E-state index contributed by atoms with van der Waals surface area (Å²) >= 11 is 0. The van der Waals surface area contributed by atoms with Crippen molar-refractivity contribution in [3.63, 3.8) is 0 Å². The van der Waals surface area contributed by atoms with Crippen molar-refractivity contribution in [3.8, 4) is 0 Å². The Kier molecular flexibility index (Phi) is 5.17. The summed E-state index contributed by atoms with van der Waals surface area (Å²) in [6.45, 7) is 8.41. The van der Waals surface area contributed by atoms with E-state index < -0.39 is 5.97 Å². The van der Waals surface area contributed by atoms with Crippen molar-refractivity contribution in [2.75, 3.05) is 13.1 Å². The van der Waals surface area contributed by atoms with Crippen molar-refractivity contribution < 1.29 is 14.7 Å². The zero-order valence-electron chi connectivity index (χ0n) is 11.7. The summed E-state index contributed by atoms with van der Waals surface area (Å²) in [6, 6.07) is 0. The van der Waals surface area contributed by atoms with E-state index in [0.29, 0.717) is 24.2 Å². The van der Waals surface area contributed by atoms with Crippen molar-refractivity contribution in [2.45, 2.75) is 52.9 Å². The molecule has 0 aromatic heterocycles. The molecule has 0 radical (unpaired) electrons. The number of likely N-dealkylation sites (tertiary alicyclic amines) is 1. The van der Waals surface area contributed by atoms with Crippen molar-refractivity contribution in [3.05, 3.63) is 0 Å². The largest absolute Gasteiger partial charge is 0.481 e. The van der Waals surface area contributed by atoms with Crippen LogP contribution in [0.5, 0.6) is 0 Å². The van der Waals surface area contributed by atoms with Crippen LogP contribution in [0, 0.1) is 11.3 Å². The van der Waals surface area contributed by atoms with Gasteiger partial charge in [-0.3, -0.25) is 9.59 Å². The lowest BCUT2D eigenvalue weighted by Gasteiger charge is -2.38. The van der Waals surface area contributed by atoms with Gasteiger partial charge in [0, 0.05) is 25.9 Å². The number of piperidine rings is 1. The lowest BCUT2D eigenvalue weighted by atomic mass is 9.75. The van der Waals surface area contributed by atoms with Crippen LogP contribution in [0.15, 0.2) is 0 Å². The Morgan fingerprint density at radius 1 is 1.17 bits per heavy atom. The first-order chi connectivity index (χ1) is 8.30. The molecule has 1 saturated heterocycles. The van der Waals surface area contributed by atoms with E-state index in [0.717, 1.165) is 25.9 Å². The molecule has 4 heteroatoms. The Morgan fingerprint density at radius 3 is 2.17 bits per heavy atom. The Bertz CT molecular complexity index is 299. The molecule has 1 rings (SSSR count). The highest BCUT2D eigenvalue weighted by Crippen LogP contribution is 2.34. The average Bonchev–Trinajstić information content (AvgIpc) is 2.27. The molecule has 0 atom stereocenters. The third-order valence-corrected chi connectivity index (χ3v) is 3.85. The first-order valence-electron chi connectivity index (χ1n) is 6.80. The minimum atomic E-state index is -0.825. The second-order valence-corrected chi connectivity index (χ2v) is 6.27. The highest BCUT2D eigenvalue weighted by atomic mass is 16.4. The van der Waals surface area contributed by atoms with Crippen LogP contribution in [0.1, 0.15) is 52.9 Å². The summed E-state index contributed by atoms with van der Waals surface area (Å²) in [6.07, 6.45) is 3.03. The Labute approximate surface area is 109 Å². The molecule has 1 amide bonds. The lowest BCUT2D eigenvalue weighted by molar-refractivity contribution is -0.137. The lowest BCUT2D eigenvalue weighted by Crippen LogP contribution is -2.41. The van der Waals surface area contributed by atoms with Gasteiger partial charge in [0.15, 0.2) is 0 Å². The monoisotopic (exact) mass is 255 g/mol. The van der Waals surface area contributed by atoms with Gasteiger partial charge >= 0.3 is 5.97 Å². The van der Waals surface area contributed by atoms with E-state index in [1.807, 2.05) is 4.90 Å². The summed E-state index contributed by atoms with van der Waals surface area (Å²) in [4.78, 5) is 24.1. The number of rotatable bonds is 4. The fourth-order valence-corrected chi connectivity index (χ4v) is 2.54. The van der Waals surface area contributed by atoms with E-state index >= 15 is 0 Å². The fraction of sp³-hybridized carbons (Fsp3) is 0.857. The summed E-state index contributed by atoms with van der Waals surface area (Å²) in [7, 11) is 0. The molecule has 1 N–H and O–H groups in total. The van der Waals surface area contributed by atoms with Crippen LogP contribution in [-0.4, -0.2) is 35.0 Å². The maximum absolute atomic E-state index is 11.9. The number of nitrogens with zero attached hydrogens (tertiary/aromatic N) is 1. The molecule has 0 unspecified atom stereocenters. The van der Waals surface area contributed by atoms with Gasteiger partial charge < -0.3 is 10.0 Å². The minimum Gasteiger partial charge on any atom is -0.481 e. The van der Waals surface area contributed by atoms with Crippen LogP contribution in [-0.2, 0) is 9.59 Å². The second-order valence-electron chi connectivity index (χ2n) is 6.27. The predicted molar refractivity (Wildman–Crippen MR) is 70.2 cm³/mol. The maximum Gasteiger partial charge on any atom is 0.303 e. The molecule has 1 aliphatic rings. The van der Waals surface area contributed by atoms with E-state index in [9.17, 15) is 9.59 Å². The van der Waals surface area contributed by atoms with Crippen molar-refractivity contribution in [1.82, 2.24) is 4.90 Å². The highest BCUT2D eigenvalue weighted by Gasteiger charge is 2.30. The number of carboxylic acid groups (broad SMARTS) is 1. The van der Waals surface area contributed by atoms with Crippen molar-refractivity contribution in [1.29, 1.82) is 0 Å². The number of carboxylic acids is 1. The van der Waals surface area contributed by atoms with Gasteiger partial charge in [-0.25, -0.2) is 0 Å². The summed E-state index contributed by atoms with van der Waals surface area (Å²) in [5, 5.41) is 8.54. The normalized spacial score (nSPS) is 17.8. The molecule has 0 aromatic rings. The first-order valence-corrected chi connectivity index (χ1v) is 6.80. The first kappa shape index (κ1) is 15.0. The topological polar surface area (TPSA) is 57.6 Å². The number of carbonyl (C=O) groups is 2. The standard InChI is InChI=1S/C14H25NO3/c1-14(2,3)11-7-9-15(10-8-11)12(16)5-4-6-13(17)18/h11H,4-10H2,1-3H3,(H,17,18). The maximum atomic E-state index is 11.9. The van der Waals surface area contributed by atoms with E-state index in [2.05, 4.69) is 20.8 Å². The van der Waals surface area contributed by atoms with E-state index in [-0.39, 0.29) is 12.3 Å². The molecule has 1 heterocycles. The van der Waals surface area contributed by atoms with Gasteiger partial charge in [-0.05, 0) is 30.6 Å². The highest BCUT2D eigenvalue weighted by molar-refractivity contribution is 5.77. The second kappa shape index (κ2) is 6.21. The third-order valence-electron chi connectivity index (χ3n) is 3.85. The van der Waals surface area contributed by atoms with Gasteiger partial charge in [-0.1, -0.05) is 20.8 Å². The van der Waals surface area contributed by atoms with Gasteiger partial charge in [0.05, 0.1) is 0 Å². The number of carbonyl (C=O) groups excluding carboxylic acids is 1. The smallest absolute Gasteiger partial charge is 0.303 e. The van der Waals surface area contributed by atoms with Gasteiger partial charge in [0.25, 0.3) is 0 Å². The van der Waals surface area contributed by atoms with Crippen molar-refractivity contribution in [2.24, 2.45) is 11.3 Å². The number of aliphatic carboxylic acids is 1. The number of amides is 1. The van der Waals surface area contributed by atoms with Crippen LogP contribution in [0.2, 0.25) is 0 Å². The van der Waals surface area contributed by atoms with Gasteiger partial charge in [0.2, 0.25) is 5.91 Å². The van der Waals surface area contributed by atoms with Gasteiger partial charge in [-0.2, -0.15) is 0 Å². The zero-order chi connectivity index (χ0) is 13.8. The van der Waals surface area contributed by atoms with Crippen LogP contribution in [0.4, 0.5) is 0 Å². The van der Waals surface area contributed by atoms with E-state index in [1.54, 1.807) is 0 Å². The third kappa shape index (κ3) is 4.67. The average molecular weight is 255 g/mol. The molecular formula is C14H25NO3. The molecule has 1 aliphatic heterocycles. The molecule has 0 spiro atoms.